The fourth-order valence-corrected chi connectivity index (χ4v) is 4.79. The number of allylic oxidation sites excluding steroid dienone is 2. The van der Waals surface area contributed by atoms with Gasteiger partial charge in [0.15, 0.2) is 11.5 Å². The molecule has 0 saturated heterocycles. The first-order valence-electron chi connectivity index (χ1n) is 11.7. The summed E-state index contributed by atoms with van der Waals surface area (Å²) in [6, 6.07) is 5.49. The highest BCUT2D eigenvalue weighted by molar-refractivity contribution is 7.84. The molecule has 2 unspecified atom stereocenters. The van der Waals surface area contributed by atoms with E-state index in [0.29, 0.717) is 11.8 Å². The van der Waals surface area contributed by atoms with E-state index in [1.165, 1.54) is 55.9 Å². The van der Waals surface area contributed by atoms with Crippen molar-refractivity contribution in [1.29, 1.82) is 0 Å². The normalized spacial score (nSPS) is 14.6. The van der Waals surface area contributed by atoms with E-state index in [9.17, 15) is 22.2 Å². The first kappa shape index (κ1) is 31.0. The molecular weight excluding hydrogens is 575 g/mol. The quantitative estimate of drug-likeness (QED) is 0.215. The van der Waals surface area contributed by atoms with Crippen LogP contribution in [0.2, 0.25) is 5.02 Å². The molecule has 2 aromatic heterocycles. The molecule has 1 aromatic carbocycles. The number of hydrogen-bond donors (Lipinski definition) is 0. The van der Waals surface area contributed by atoms with E-state index in [4.69, 9.17) is 11.6 Å². The van der Waals surface area contributed by atoms with E-state index in [2.05, 4.69) is 15.0 Å². The lowest BCUT2D eigenvalue weighted by atomic mass is 9.96. The maximum Gasteiger partial charge on any atom is 0.434 e. The highest BCUT2D eigenvalue weighted by Gasteiger charge is 2.33. The monoisotopic (exact) mass is 598 g/mol. The smallest absolute Gasteiger partial charge is 0.284 e. The number of aryl methyl sites for hydroxylation is 1. The molecule has 3 rings (SSSR count). The average Bonchev–Trinajstić information content (AvgIpc) is 2.89. The zero-order valence-electron chi connectivity index (χ0n) is 21.8. The van der Waals surface area contributed by atoms with Gasteiger partial charge in [-0.25, -0.2) is 13.8 Å². The Morgan fingerprint density at radius 2 is 1.98 bits per heavy atom. The third-order valence-electron chi connectivity index (χ3n) is 5.77. The molecule has 0 saturated carbocycles. The number of hydrogen-bond acceptors (Lipinski definition) is 5. The maximum atomic E-state index is 15.6. The summed E-state index contributed by atoms with van der Waals surface area (Å²) in [5.74, 6) is -2.53. The van der Waals surface area contributed by atoms with Gasteiger partial charge in [0.2, 0.25) is 0 Å². The van der Waals surface area contributed by atoms with Gasteiger partial charge in [-0.2, -0.15) is 13.2 Å². The predicted octanol–water partition coefficient (Wildman–Crippen LogP) is 6.63. The standard InChI is InChI=1S/C27H24ClF5N4O2S/c1-5-9-35-25(18-7-6-8-21(24(18)30)40(4)39)20(29)14-37-16(3)11-19(23(28)26(37)38)15(2)10-17-12-34-13-22(36-17)27(31,32)33/h5-9,11-15H,10H2,1-4H3/b9-5+,20-14-,35-25+. The van der Waals surface area contributed by atoms with Gasteiger partial charge in [-0.1, -0.05) is 30.7 Å². The maximum absolute atomic E-state index is 15.6. The molecule has 0 aliphatic rings. The molecule has 212 valence electrons. The van der Waals surface area contributed by atoms with Crippen LogP contribution in [0.25, 0.3) is 6.20 Å². The first-order chi connectivity index (χ1) is 18.8. The Balaban J connectivity index is 2.04. The lowest BCUT2D eigenvalue weighted by Gasteiger charge is -2.17. The van der Waals surface area contributed by atoms with E-state index in [-0.39, 0.29) is 33.3 Å². The number of aromatic nitrogens is 3. The van der Waals surface area contributed by atoms with Crippen LogP contribution in [0.15, 0.2) is 69.4 Å². The van der Waals surface area contributed by atoms with Crippen LogP contribution >= 0.6 is 11.6 Å². The molecule has 0 amide bonds. The van der Waals surface area contributed by atoms with E-state index >= 15 is 8.78 Å². The van der Waals surface area contributed by atoms with Gasteiger partial charge in [-0.05, 0) is 49.9 Å². The third kappa shape index (κ3) is 6.97. The number of alkyl halides is 3. The molecule has 0 N–H and O–H groups in total. The van der Waals surface area contributed by atoms with Crippen molar-refractivity contribution in [2.24, 2.45) is 4.99 Å². The molecule has 2 heterocycles. The van der Waals surface area contributed by atoms with Crippen LogP contribution in [-0.4, -0.2) is 30.7 Å². The fourth-order valence-electron chi connectivity index (χ4n) is 3.83. The van der Waals surface area contributed by atoms with Gasteiger partial charge in [0, 0.05) is 29.9 Å². The Kier molecular flexibility index (Phi) is 9.91. The SMILES string of the molecule is C/C=C/N=C(/C(F)=C/n1c(C)cc(C(C)Cc2cncc(C(F)(F)F)n2)c(Cl)c1=O)c1cccc(S(C)=O)c1F. The summed E-state index contributed by atoms with van der Waals surface area (Å²) in [7, 11) is -1.69. The molecule has 40 heavy (non-hydrogen) atoms. The van der Waals surface area contributed by atoms with E-state index in [1.807, 2.05) is 0 Å². The van der Waals surface area contributed by atoms with Gasteiger partial charge < -0.3 is 0 Å². The predicted molar refractivity (Wildman–Crippen MR) is 145 cm³/mol. The van der Waals surface area contributed by atoms with Gasteiger partial charge in [0.05, 0.1) is 33.8 Å². The van der Waals surface area contributed by atoms with Crippen molar-refractivity contribution in [3.8, 4) is 0 Å². The van der Waals surface area contributed by atoms with Crippen LogP contribution in [0, 0.1) is 12.7 Å². The molecule has 0 spiro atoms. The summed E-state index contributed by atoms with van der Waals surface area (Å²) in [6.07, 6.45) is 1.97. The van der Waals surface area contributed by atoms with Crippen molar-refractivity contribution in [3.63, 3.8) is 0 Å². The van der Waals surface area contributed by atoms with Crippen molar-refractivity contribution in [2.75, 3.05) is 6.26 Å². The number of aliphatic imine (C=N–C) groups is 1. The Morgan fingerprint density at radius 3 is 2.60 bits per heavy atom. The lowest BCUT2D eigenvalue weighted by Crippen LogP contribution is -2.22. The lowest BCUT2D eigenvalue weighted by molar-refractivity contribution is -0.141. The van der Waals surface area contributed by atoms with Crippen LogP contribution in [0.3, 0.4) is 0 Å². The highest BCUT2D eigenvalue weighted by Crippen LogP contribution is 2.29. The summed E-state index contributed by atoms with van der Waals surface area (Å²) in [6.45, 7) is 4.78. The van der Waals surface area contributed by atoms with E-state index < -0.39 is 51.5 Å². The topological polar surface area (TPSA) is 77.2 Å². The van der Waals surface area contributed by atoms with Crippen LogP contribution in [0.5, 0.6) is 0 Å². The number of benzene rings is 1. The van der Waals surface area contributed by atoms with Crippen LogP contribution in [0.1, 0.15) is 48.0 Å². The minimum absolute atomic E-state index is 0.00168. The van der Waals surface area contributed by atoms with Crippen molar-refractivity contribution < 1.29 is 26.2 Å². The number of halogens is 6. The molecule has 13 heteroatoms. The van der Waals surface area contributed by atoms with Crippen LogP contribution < -0.4 is 5.56 Å². The molecule has 0 bridgehead atoms. The third-order valence-corrected chi connectivity index (χ3v) is 7.09. The Morgan fingerprint density at radius 1 is 1.27 bits per heavy atom. The first-order valence-corrected chi connectivity index (χ1v) is 13.7. The van der Waals surface area contributed by atoms with E-state index in [0.717, 1.165) is 10.8 Å². The van der Waals surface area contributed by atoms with Crippen LogP contribution in [-0.2, 0) is 23.4 Å². The van der Waals surface area contributed by atoms with Crippen LogP contribution in [0.4, 0.5) is 22.0 Å². The summed E-state index contributed by atoms with van der Waals surface area (Å²) < 4.78 is 82.5. The van der Waals surface area contributed by atoms with Crippen molar-refractivity contribution in [3.05, 3.63) is 104 Å². The number of nitrogens with zero attached hydrogens (tertiary/aromatic N) is 4. The fraction of sp³-hybridized carbons (Fsp3) is 0.259. The van der Waals surface area contributed by atoms with Crippen molar-refractivity contribution >= 4 is 34.3 Å². The number of rotatable bonds is 8. The molecule has 0 fully saturated rings. The Bertz CT molecular complexity index is 1600. The Hall–Kier alpha value is -3.51. The van der Waals surface area contributed by atoms with Gasteiger partial charge in [-0.15, -0.1) is 0 Å². The number of pyridine rings is 1. The molecule has 3 aromatic rings. The highest BCUT2D eigenvalue weighted by atomic mass is 35.5. The van der Waals surface area contributed by atoms with Gasteiger partial charge >= 0.3 is 6.18 Å². The average molecular weight is 599 g/mol. The van der Waals surface area contributed by atoms with Crippen molar-refractivity contribution in [2.45, 2.75) is 44.2 Å². The zero-order chi connectivity index (χ0) is 29.8. The summed E-state index contributed by atoms with van der Waals surface area (Å²) in [5.41, 5.74) is -2.03. The molecule has 6 nitrogen and oxygen atoms in total. The molecule has 0 aliphatic carbocycles. The van der Waals surface area contributed by atoms with Gasteiger partial charge in [-0.3, -0.25) is 23.5 Å². The summed E-state index contributed by atoms with van der Waals surface area (Å²) in [4.78, 5) is 24.2. The molecule has 0 aliphatic heterocycles. The largest absolute Gasteiger partial charge is 0.434 e. The van der Waals surface area contributed by atoms with Gasteiger partial charge in [0.1, 0.15) is 16.6 Å². The summed E-state index contributed by atoms with van der Waals surface area (Å²) in [5, 5.41) is -0.274. The van der Waals surface area contributed by atoms with Gasteiger partial charge in [0.25, 0.3) is 5.56 Å². The van der Waals surface area contributed by atoms with E-state index in [1.54, 1.807) is 13.8 Å². The minimum atomic E-state index is -4.66. The summed E-state index contributed by atoms with van der Waals surface area (Å²) >= 11 is 6.34. The Labute approximate surface area is 234 Å². The zero-order valence-corrected chi connectivity index (χ0v) is 23.3. The molecular formula is C27H24ClF5N4O2S. The second-order valence-electron chi connectivity index (χ2n) is 8.74. The molecule has 2 atom stereocenters. The second-order valence-corrected chi connectivity index (χ2v) is 10.5. The van der Waals surface area contributed by atoms with Crippen molar-refractivity contribution in [1.82, 2.24) is 14.5 Å². The minimum Gasteiger partial charge on any atom is -0.284 e. The second kappa shape index (κ2) is 12.8. The molecule has 0 radical (unpaired) electrons.